The van der Waals surface area contributed by atoms with Crippen LogP contribution in [-0.4, -0.2) is 40.5 Å². The van der Waals surface area contributed by atoms with Crippen molar-refractivity contribution in [3.05, 3.63) is 18.0 Å². The molecule has 0 radical (unpaired) electrons. The summed E-state index contributed by atoms with van der Waals surface area (Å²) in [5.41, 5.74) is 6.35. The van der Waals surface area contributed by atoms with E-state index in [4.69, 9.17) is 10.5 Å². The third kappa shape index (κ3) is 3.03. The summed E-state index contributed by atoms with van der Waals surface area (Å²) in [5, 5.41) is 7.11. The zero-order chi connectivity index (χ0) is 16.4. The van der Waals surface area contributed by atoms with Gasteiger partial charge in [0.2, 0.25) is 5.91 Å². The summed E-state index contributed by atoms with van der Waals surface area (Å²) in [7, 11) is 1.90. The van der Waals surface area contributed by atoms with Gasteiger partial charge in [-0.05, 0) is 25.3 Å². The van der Waals surface area contributed by atoms with Crippen LogP contribution < -0.4 is 11.1 Å². The molecule has 1 saturated carbocycles. The Morgan fingerprint density at radius 2 is 2.32 bits per heavy atom. The molecule has 0 saturated heterocycles. The van der Waals surface area contributed by atoms with Gasteiger partial charge in [-0.2, -0.15) is 5.10 Å². The van der Waals surface area contributed by atoms with E-state index in [2.05, 4.69) is 10.4 Å². The number of nitrogens with zero attached hydrogens (tertiary/aromatic N) is 2. The van der Waals surface area contributed by atoms with Crippen molar-refractivity contribution in [2.45, 2.75) is 51.7 Å². The number of amides is 1. The molecule has 0 spiro atoms. The standard InChI is InChI=1S/C16H28N4O2/c1-5-22-13-9-16(17,15(13,2)3)14(21)18-8-6-7-12-10-19-20(4)11-12/h10-11,13H,5-9,17H2,1-4H3,(H,18,21). The van der Waals surface area contributed by atoms with Crippen LogP contribution in [-0.2, 0) is 23.0 Å². The van der Waals surface area contributed by atoms with E-state index < -0.39 is 5.54 Å². The predicted octanol–water partition coefficient (Wildman–Crippen LogP) is 1.00. The van der Waals surface area contributed by atoms with Crippen molar-refractivity contribution in [3.63, 3.8) is 0 Å². The van der Waals surface area contributed by atoms with Crippen molar-refractivity contribution in [1.82, 2.24) is 15.1 Å². The van der Waals surface area contributed by atoms with Crippen LogP contribution in [0.1, 0.15) is 39.2 Å². The SMILES string of the molecule is CCOC1CC(N)(C(=O)NCCCc2cnn(C)c2)C1(C)C. The minimum absolute atomic E-state index is 0.0589. The second kappa shape index (κ2) is 6.38. The minimum Gasteiger partial charge on any atom is -0.378 e. The third-order valence-electron chi connectivity index (χ3n) is 4.92. The Balaban J connectivity index is 1.77. The second-order valence-electron chi connectivity index (χ2n) is 6.72. The molecule has 1 fully saturated rings. The van der Waals surface area contributed by atoms with Crippen LogP contribution in [0.5, 0.6) is 0 Å². The van der Waals surface area contributed by atoms with Gasteiger partial charge in [0.05, 0.1) is 12.3 Å². The molecular formula is C16H28N4O2. The molecule has 6 heteroatoms. The van der Waals surface area contributed by atoms with Gasteiger partial charge in [-0.25, -0.2) is 0 Å². The fourth-order valence-electron chi connectivity index (χ4n) is 3.07. The van der Waals surface area contributed by atoms with Gasteiger partial charge in [-0.3, -0.25) is 9.48 Å². The van der Waals surface area contributed by atoms with Crippen LogP contribution in [0.3, 0.4) is 0 Å². The first-order chi connectivity index (χ1) is 10.3. The van der Waals surface area contributed by atoms with E-state index in [-0.39, 0.29) is 17.4 Å². The number of rotatable bonds is 7. The molecule has 1 aromatic rings. The zero-order valence-corrected chi connectivity index (χ0v) is 14.1. The van der Waals surface area contributed by atoms with E-state index in [1.807, 2.05) is 40.2 Å². The lowest BCUT2D eigenvalue weighted by Gasteiger charge is -2.57. The van der Waals surface area contributed by atoms with Crippen LogP contribution in [0.4, 0.5) is 0 Å². The van der Waals surface area contributed by atoms with Crippen molar-refractivity contribution < 1.29 is 9.53 Å². The molecule has 124 valence electrons. The van der Waals surface area contributed by atoms with Gasteiger partial charge in [0, 0.05) is 38.2 Å². The normalized spacial score (nSPS) is 26.5. The Morgan fingerprint density at radius 1 is 1.59 bits per heavy atom. The first kappa shape index (κ1) is 17.0. The fourth-order valence-corrected chi connectivity index (χ4v) is 3.07. The largest absolute Gasteiger partial charge is 0.378 e. The van der Waals surface area contributed by atoms with Gasteiger partial charge in [0.25, 0.3) is 0 Å². The van der Waals surface area contributed by atoms with E-state index in [0.29, 0.717) is 19.6 Å². The molecule has 2 rings (SSSR count). The van der Waals surface area contributed by atoms with Crippen molar-refractivity contribution in [1.29, 1.82) is 0 Å². The first-order valence-corrected chi connectivity index (χ1v) is 7.97. The molecule has 1 aromatic heterocycles. The maximum atomic E-state index is 12.4. The monoisotopic (exact) mass is 308 g/mol. The molecule has 0 bridgehead atoms. The molecular weight excluding hydrogens is 280 g/mol. The van der Waals surface area contributed by atoms with E-state index in [0.717, 1.165) is 12.8 Å². The molecule has 22 heavy (non-hydrogen) atoms. The van der Waals surface area contributed by atoms with Crippen LogP contribution in [0.15, 0.2) is 12.4 Å². The maximum Gasteiger partial charge on any atom is 0.240 e. The number of hydrogen-bond donors (Lipinski definition) is 2. The molecule has 1 aliphatic rings. The summed E-state index contributed by atoms with van der Waals surface area (Å²) in [4.78, 5) is 12.4. The highest BCUT2D eigenvalue weighted by Gasteiger charge is 2.62. The summed E-state index contributed by atoms with van der Waals surface area (Å²) < 4.78 is 7.44. The van der Waals surface area contributed by atoms with Gasteiger partial charge < -0.3 is 15.8 Å². The Kier molecular flexibility index (Phi) is 4.92. The van der Waals surface area contributed by atoms with Crippen molar-refractivity contribution in [3.8, 4) is 0 Å². The highest BCUT2D eigenvalue weighted by Crippen LogP contribution is 2.49. The number of carbonyl (C=O) groups is 1. The fraction of sp³-hybridized carbons (Fsp3) is 0.750. The van der Waals surface area contributed by atoms with E-state index in [1.54, 1.807) is 4.68 Å². The molecule has 0 aromatic carbocycles. The van der Waals surface area contributed by atoms with Gasteiger partial charge in [-0.1, -0.05) is 13.8 Å². The number of nitrogens with two attached hydrogens (primary N) is 1. The van der Waals surface area contributed by atoms with Crippen molar-refractivity contribution >= 4 is 5.91 Å². The van der Waals surface area contributed by atoms with E-state index in [9.17, 15) is 4.79 Å². The summed E-state index contributed by atoms with van der Waals surface area (Å²) in [6, 6.07) is 0. The maximum absolute atomic E-state index is 12.4. The lowest BCUT2D eigenvalue weighted by Crippen LogP contribution is -2.75. The zero-order valence-electron chi connectivity index (χ0n) is 14.1. The lowest BCUT2D eigenvalue weighted by atomic mass is 9.54. The average molecular weight is 308 g/mol. The highest BCUT2D eigenvalue weighted by atomic mass is 16.5. The van der Waals surface area contributed by atoms with Gasteiger partial charge in [0.15, 0.2) is 0 Å². The smallest absolute Gasteiger partial charge is 0.240 e. The molecule has 6 nitrogen and oxygen atoms in total. The topological polar surface area (TPSA) is 82.2 Å². The molecule has 3 N–H and O–H groups in total. The van der Waals surface area contributed by atoms with Crippen LogP contribution >= 0.6 is 0 Å². The average Bonchev–Trinajstić information content (AvgIpc) is 2.88. The van der Waals surface area contributed by atoms with Crippen LogP contribution in [0, 0.1) is 5.41 Å². The van der Waals surface area contributed by atoms with Gasteiger partial charge in [0.1, 0.15) is 5.54 Å². The van der Waals surface area contributed by atoms with Gasteiger partial charge >= 0.3 is 0 Å². The van der Waals surface area contributed by atoms with Crippen molar-refractivity contribution in [2.75, 3.05) is 13.2 Å². The summed E-state index contributed by atoms with van der Waals surface area (Å²) in [6.45, 7) is 7.25. The summed E-state index contributed by atoms with van der Waals surface area (Å²) in [5.74, 6) is -0.0698. The summed E-state index contributed by atoms with van der Waals surface area (Å²) >= 11 is 0. The Bertz CT molecular complexity index is 526. The number of nitrogens with one attached hydrogen (secondary N) is 1. The first-order valence-electron chi connectivity index (χ1n) is 7.97. The summed E-state index contributed by atoms with van der Waals surface area (Å²) in [6.07, 6.45) is 6.27. The van der Waals surface area contributed by atoms with E-state index >= 15 is 0 Å². The third-order valence-corrected chi connectivity index (χ3v) is 4.92. The Morgan fingerprint density at radius 3 is 2.86 bits per heavy atom. The predicted molar refractivity (Wildman–Crippen MR) is 85.3 cm³/mol. The number of aryl methyl sites for hydroxylation is 2. The number of carbonyl (C=O) groups excluding carboxylic acids is 1. The Hall–Kier alpha value is -1.40. The van der Waals surface area contributed by atoms with Crippen molar-refractivity contribution in [2.24, 2.45) is 18.2 Å². The molecule has 1 heterocycles. The van der Waals surface area contributed by atoms with E-state index in [1.165, 1.54) is 5.56 Å². The minimum atomic E-state index is -0.832. The van der Waals surface area contributed by atoms with Crippen LogP contribution in [0.2, 0.25) is 0 Å². The number of aromatic nitrogens is 2. The highest BCUT2D eigenvalue weighted by molar-refractivity contribution is 5.88. The lowest BCUT2D eigenvalue weighted by molar-refractivity contribution is -0.170. The second-order valence-corrected chi connectivity index (χ2v) is 6.72. The number of ether oxygens (including phenoxy) is 1. The Labute approximate surface area is 132 Å². The molecule has 2 atom stereocenters. The van der Waals surface area contributed by atoms with Crippen LogP contribution in [0.25, 0.3) is 0 Å². The quantitative estimate of drug-likeness (QED) is 0.736. The molecule has 1 amide bonds. The molecule has 0 aliphatic heterocycles. The van der Waals surface area contributed by atoms with Gasteiger partial charge in [-0.15, -0.1) is 0 Å². The number of hydrogen-bond acceptors (Lipinski definition) is 4. The molecule has 2 unspecified atom stereocenters. The molecule has 1 aliphatic carbocycles.